The lowest BCUT2D eigenvalue weighted by Crippen LogP contribution is -2.26. The highest BCUT2D eigenvalue weighted by molar-refractivity contribution is 9.10. The van der Waals surface area contributed by atoms with Gasteiger partial charge in [-0.05, 0) is 28.1 Å². The lowest BCUT2D eigenvalue weighted by molar-refractivity contribution is -0.152. The van der Waals surface area contributed by atoms with E-state index >= 15 is 0 Å². The molecule has 0 atom stereocenters. The molecule has 2 nitrogen and oxygen atoms in total. The first-order valence-corrected chi connectivity index (χ1v) is 5.54. The molecule has 86 valence electrons. The molecule has 1 aromatic rings. The maximum atomic E-state index is 13.4. The van der Waals surface area contributed by atoms with Crippen molar-refractivity contribution in [1.29, 1.82) is 0 Å². The Morgan fingerprint density at radius 3 is 2.12 bits per heavy atom. The van der Waals surface area contributed by atoms with Gasteiger partial charge in [-0.3, -0.25) is 0 Å². The number of hydrogen-bond acceptors (Lipinski definition) is 2. The van der Waals surface area contributed by atoms with Crippen molar-refractivity contribution >= 4 is 15.9 Å². The predicted molar refractivity (Wildman–Crippen MR) is 57.3 cm³/mol. The van der Waals surface area contributed by atoms with Crippen LogP contribution in [0.1, 0.15) is 18.9 Å². The van der Waals surface area contributed by atoms with Crippen LogP contribution in [0.3, 0.4) is 0 Å². The smallest absolute Gasteiger partial charge is 0.276 e. The number of ether oxygens (including phenoxy) is 2. The summed E-state index contributed by atoms with van der Waals surface area (Å²) in [4.78, 5) is 0. The Morgan fingerprint density at radius 1 is 1.19 bits per heavy atom. The van der Waals surface area contributed by atoms with Crippen LogP contribution in [0.15, 0.2) is 29.1 Å². The normalized spacial score (nSPS) is 17.0. The van der Waals surface area contributed by atoms with Gasteiger partial charge < -0.3 is 9.47 Å². The lowest BCUT2D eigenvalue weighted by Gasteiger charge is -2.26. The highest BCUT2D eigenvalue weighted by Gasteiger charge is 2.37. The van der Waals surface area contributed by atoms with Crippen LogP contribution in [-0.2, 0) is 15.3 Å². The third kappa shape index (κ3) is 1.69. The van der Waals surface area contributed by atoms with Gasteiger partial charge in [-0.25, -0.2) is 8.78 Å². The summed E-state index contributed by atoms with van der Waals surface area (Å²) < 4.78 is 37.1. The molecule has 0 unspecified atom stereocenters. The van der Waals surface area contributed by atoms with Gasteiger partial charge in [0.2, 0.25) is 0 Å². The van der Waals surface area contributed by atoms with Gasteiger partial charge in [0.05, 0.1) is 4.47 Å². The maximum absolute atomic E-state index is 13.4. The molecule has 1 aliphatic heterocycles. The van der Waals surface area contributed by atoms with E-state index in [2.05, 4.69) is 15.9 Å². The van der Waals surface area contributed by atoms with Crippen LogP contribution in [0.2, 0.25) is 0 Å². The fraction of sp³-hybridized carbons (Fsp3) is 0.273. The predicted octanol–water partition coefficient (Wildman–Crippen LogP) is 3.81. The molecule has 0 saturated carbocycles. The van der Waals surface area contributed by atoms with Crippen LogP contribution < -0.4 is 0 Å². The Hall–Kier alpha value is -1.10. The molecule has 5 heteroatoms. The third-order valence-corrected chi connectivity index (χ3v) is 3.22. The molecule has 1 aliphatic rings. The summed E-state index contributed by atoms with van der Waals surface area (Å²) in [5.41, 5.74) is 0.318. The van der Waals surface area contributed by atoms with Crippen LogP contribution in [0.25, 0.3) is 0 Å². The average Bonchev–Trinajstić information content (AvgIpc) is 2.75. The van der Waals surface area contributed by atoms with Gasteiger partial charge >= 0.3 is 0 Å². The van der Waals surface area contributed by atoms with Crippen molar-refractivity contribution in [2.45, 2.75) is 19.1 Å². The standard InChI is InChI=1S/C11H9BrF2O2/c1-2-11(15-3-4-16-11)7-5-8(13)10(12)9(14)6-7/h3-6H,2H2,1H3. The fourth-order valence-electron chi connectivity index (χ4n) is 1.59. The summed E-state index contributed by atoms with van der Waals surface area (Å²) in [6.45, 7) is 1.81. The minimum absolute atomic E-state index is 0.187. The molecular weight excluding hydrogens is 282 g/mol. The van der Waals surface area contributed by atoms with Crippen molar-refractivity contribution < 1.29 is 18.3 Å². The van der Waals surface area contributed by atoms with Crippen LogP contribution in [0, 0.1) is 11.6 Å². The topological polar surface area (TPSA) is 18.5 Å². The van der Waals surface area contributed by atoms with Gasteiger partial charge in [0, 0.05) is 12.0 Å². The van der Waals surface area contributed by atoms with E-state index in [-0.39, 0.29) is 4.47 Å². The molecule has 0 fully saturated rings. The van der Waals surface area contributed by atoms with Gasteiger partial charge in [0.25, 0.3) is 5.79 Å². The molecule has 1 heterocycles. The van der Waals surface area contributed by atoms with E-state index < -0.39 is 17.4 Å². The van der Waals surface area contributed by atoms with Crippen LogP contribution >= 0.6 is 15.9 Å². The summed E-state index contributed by atoms with van der Waals surface area (Å²) in [5, 5.41) is 0. The van der Waals surface area contributed by atoms with E-state index in [1.54, 1.807) is 0 Å². The van der Waals surface area contributed by atoms with Crippen molar-refractivity contribution in [3.63, 3.8) is 0 Å². The van der Waals surface area contributed by atoms with Crippen molar-refractivity contribution in [1.82, 2.24) is 0 Å². The summed E-state index contributed by atoms with van der Waals surface area (Å²) in [6, 6.07) is 2.40. The molecule has 1 aromatic carbocycles. The van der Waals surface area contributed by atoms with Crippen LogP contribution in [0.5, 0.6) is 0 Å². The first-order chi connectivity index (χ1) is 7.59. The Kier molecular flexibility index (Phi) is 2.88. The van der Waals surface area contributed by atoms with Gasteiger partial charge in [-0.2, -0.15) is 0 Å². The van der Waals surface area contributed by atoms with Crippen LogP contribution in [0.4, 0.5) is 8.78 Å². The van der Waals surface area contributed by atoms with Crippen molar-refractivity contribution in [2.24, 2.45) is 0 Å². The summed E-state index contributed by atoms with van der Waals surface area (Å²) >= 11 is 2.81. The zero-order valence-electron chi connectivity index (χ0n) is 8.47. The van der Waals surface area contributed by atoms with Gasteiger partial charge in [0.15, 0.2) is 0 Å². The van der Waals surface area contributed by atoms with Crippen molar-refractivity contribution in [3.8, 4) is 0 Å². The summed E-state index contributed by atoms with van der Waals surface area (Å²) in [6.07, 6.45) is 3.17. The fourth-order valence-corrected chi connectivity index (χ4v) is 1.81. The van der Waals surface area contributed by atoms with Gasteiger partial charge in [0.1, 0.15) is 24.2 Å². The van der Waals surface area contributed by atoms with Crippen molar-refractivity contribution in [3.05, 3.63) is 46.3 Å². The first kappa shape index (κ1) is 11.4. The molecule has 16 heavy (non-hydrogen) atoms. The minimum Gasteiger partial charge on any atom is -0.453 e. The molecule has 0 aliphatic carbocycles. The molecule has 0 N–H and O–H groups in total. The second-order valence-corrected chi connectivity index (χ2v) is 4.16. The zero-order chi connectivity index (χ0) is 11.8. The Labute approximate surface area is 100.0 Å². The Morgan fingerprint density at radius 2 is 1.69 bits per heavy atom. The summed E-state index contributed by atoms with van der Waals surface area (Å²) in [7, 11) is 0. The molecule has 0 amide bonds. The van der Waals surface area contributed by atoms with Crippen LogP contribution in [-0.4, -0.2) is 0 Å². The number of hydrogen-bond donors (Lipinski definition) is 0. The lowest BCUT2D eigenvalue weighted by atomic mass is 10.0. The number of rotatable bonds is 2. The van der Waals surface area contributed by atoms with E-state index in [1.807, 2.05) is 6.92 Å². The van der Waals surface area contributed by atoms with E-state index in [1.165, 1.54) is 24.7 Å². The third-order valence-electron chi connectivity index (χ3n) is 2.46. The maximum Gasteiger partial charge on any atom is 0.276 e. The monoisotopic (exact) mass is 290 g/mol. The minimum atomic E-state index is -1.11. The largest absolute Gasteiger partial charge is 0.453 e. The SMILES string of the molecule is CCC1(c2cc(F)c(Br)c(F)c2)OC=CO1. The van der Waals surface area contributed by atoms with Gasteiger partial charge in [-0.1, -0.05) is 6.92 Å². The van der Waals surface area contributed by atoms with Gasteiger partial charge in [-0.15, -0.1) is 0 Å². The molecule has 0 saturated heterocycles. The van der Waals surface area contributed by atoms with E-state index in [0.29, 0.717) is 12.0 Å². The Bertz CT molecular complexity index is 415. The molecule has 2 rings (SSSR count). The quantitative estimate of drug-likeness (QED) is 0.771. The first-order valence-electron chi connectivity index (χ1n) is 4.75. The molecule has 0 radical (unpaired) electrons. The Balaban J connectivity index is 2.47. The molecule has 0 aromatic heterocycles. The highest BCUT2D eigenvalue weighted by atomic mass is 79.9. The van der Waals surface area contributed by atoms with Crippen molar-refractivity contribution in [2.75, 3.05) is 0 Å². The number of halogens is 3. The molecule has 0 spiro atoms. The molecule has 0 bridgehead atoms. The van der Waals surface area contributed by atoms with E-state index in [4.69, 9.17) is 9.47 Å². The summed E-state index contributed by atoms with van der Waals surface area (Å²) in [5.74, 6) is -2.47. The average molecular weight is 291 g/mol. The van der Waals surface area contributed by atoms with E-state index in [0.717, 1.165) is 0 Å². The second-order valence-electron chi connectivity index (χ2n) is 3.37. The number of benzene rings is 1. The van der Waals surface area contributed by atoms with E-state index in [9.17, 15) is 8.78 Å². The zero-order valence-corrected chi connectivity index (χ0v) is 10.1. The molecular formula is C11H9BrF2O2. The second kappa shape index (κ2) is 4.05. The highest BCUT2D eigenvalue weighted by Crippen LogP contribution is 2.37.